The molecule has 0 bridgehead atoms. The molecule has 0 radical (unpaired) electrons. The van der Waals surface area contributed by atoms with Crippen LogP contribution in [0.25, 0.3) is 11.1 Å². The van der Waals surface area contributed by atoms with Crippen LogP contribution in [0.5, 0.6) is 11.6 Å². The fraction of sp³-hybridized carbons (Fsp3) is 0.444. The third-order valence-corrected chi connectivity index (χ3v) is 6.94. The normalized spacial score (nSPS) is 16.2. The first kappa shape index (κ1) is 22.8. The van der Waals surface area contributed by atoms with Crippen molar-refractivity contribution in [3.63, 3.8) is 0 Å². The van der Waals surface area contributed by atoms with E-state index in [1.807, 2.05) is 0 Å². The molecule has 0 saturated carbocycles. The van der Waals surface area contributed by atoms with Gasteiger partial charge in [-0.1, -0.05) is 37.6 Å². The average Bonchev–Trinajstić information content (AvgIpc) is 3.23. The van der Waals surface area contributed by atoms with Gasteiger partial charge in [0.05, 0.1) is 11.8 Å². The predicted octanol–water partition coefficient (Wildman–Crippen LogP) is 6.51. The number of ether oxygens (including phenoxy) is 2. The van der Waals surface area contributed by atoms with Crippen LogP contribution >= 0.6 is 11.3 Å². The summed E-state index contributed by atoms with van der Waals surface area (Å²) in [4.78, 5) is 4.84. The molecule has 4 rings (SSSR count). The number of rotatable bonds is 9. The second-order valence-corrected chi connectivity index (χ2v) is 9.38. The zero-order valence-corrected chi connectivity index (χ0v) is 19.9. The maximum atomic E-state index is 11.0. The standard InChI is InChI=1S/C27H33NO3S/c1-3-6-20-8-10-21(11-9-20)12-13-24-27(23-18-32-17-19(23)2)25(29)15-26(28-24)31-16-22-7-4-5-14-30-22/h8-11,15,17-18,22H,3-7,12-14,16H2,1-2H3,(H,28,29). The number of thiophene rings is 1. The highest BCUT2D eigenvalue weighted by atomic mass is 32.1. The molecular weight excluding hydrogens is 418 g/mol. The molecule has 3 aromatic rings. The maximum absolute atomic E-state index is 11.0. The van der Waals surface area contributed by atoms with Gasteiger partial charge in [-0.2, -0.15) is 11.3 Å². The van der Waals surface area contributed by atoms with Crippen molar-refractivity contribution in [3.05, 3.63) is 63.5 Å². The van der Waals surface area contributed by atoms with Crippen LogP contribution in [0.1, 0.15) is 55.0 Å². The van der Waals surface area contributed by atoms with Crippen LogP contribution < -0.4 is 4.74 Å². The van der Waals surface area contributed by atoms with Gasteiger partial charge in [-0.3, -0.25) is 0 Å². The molecule has 1 atom stereocenters. The highest BCUT2D eigenvalue weighted by molar-refractivity contribution is 7.08. The largest absolute Gasteiger partial charge is 0.507 e. The zero-order chi connectivity index (χ0) is 22.3. The number of aryl methyl sites for hydroxylation is 4. The molecule has 1 N–H and O–H groups in total. The number of benzene rings is 1. The zero-order valence-electron chi connectivity index (χ0n) is 19.1. The smallest absolute Gasteiger partial charge is 0.217 e. The second-order valence-electron chi connectivity index (χ2n) is 8.64. The molecule has 32 heavy (non-hydrogen) atoms. The molecule has 1 unspecified atom stereocenters. The first-order valence-corrected chi connectivity index (χ1v) is 12.7. The number of hydrogen-bond acceptors (Lipinski definition) is 5. The van der Waals surface area contributed by atoms with E-state index in [-0.39, 0.29) is 11.9 Å². The van der Waals surface area contributed by atoms with E-state index in [4.69, 9.17) is 14.5 Å². The van der Waals surface area contributed by atoms with Crippen molar-refractivity contribution in [1.29, 1.82) is 0 Å². The Morgan fingerprint density at radius 3 is 2.53 bits per heavy atom. The van der Waals surface area contributed by atoms with Crippen LogP contribution in [0.15, 0.2) is 41.1 Å². The third-order valence-electron chi connectivity index (χ3n) is 6.08. The molecular formula is C27H33NO3S. The Morgan fingerprint density at radius 1 is 1.09 bits per heavy atom. The van der Waals surface area contributed by atoms with Gasteiger partial charge in [0, 0.05) is 23.8 Å². The van der Waals surface area contributed by atoms with Crippen molar-refractivity contribution < 1.29 is 14.6 Å². The third kappa shape index (κ3) is 5.70. The lowest BCUT2D eigenvalue weighted by molar-refractivity contribution is -0.0120. The van der Waals surface area contributed by atoms with Crippen LogP contribution in [-0.2, 0) is 24.0 Å². The van der Waals surface area contributed by atoms with Crippen molar-refractivity contribution in [3.8, 4) is 22.8 Å². The minimum atomic E-state index is 0.108. The summed E-state index contributed by atoms with van der Waals surface area (Å²) in [7, 11) is 0. The molecule has 0 spiro atoms. The number of pyridine rings is 1. The summed E-state index contributed by atoms with van der Waals surface area (Å²) in [5.41, 5.74) is 6.57. The van der Waals surface area contributed by atoms with Crippen molar-refractivity contribution in [1.82, 2.24) is 4.98 Å². The molecule has 1 saturated heterocycles. The van der Waals surface area contributed by atoms with E-state index in [1.54, 1.807) is 17.4 Å². The first-order valence-electron chi connectivity index (χ1n) is 11.7. The van der Waals surface area contributed by atoms with Gasteiger partial charge in [0.15, 0.2) is 0 Å². The van der Waals surface area contributed by atoms with Gasteiger partial charge in [-0.15, -0.1) is 0 Å². The van der Waals surface area contributed by atoms with Gasteiger partial charge < -0.3 is 14.6 Å². The Bertz CT molecular complexity index is 1010. The average molecular weight is 452 g/mol. The number of aromatic hydroxyl groups is 1. The van der Waals surface area contributed by atoms with Gasteiger partial charge in [-0.05, 0) is 72.9 Å². The Kier molecular flexibility index (Phi) is 7.82. The van der Waals surface area contributed by atoms with E-state index in [0.29, 0.717) is 12.5 Å². The van der Waals surface area contributed by atoms with Gasteiger partial charge >= 0.3 is 0 Å². The Labute approximate surface area is 195 Å². The minimum absolute atomic E-state index is 0.108. The Balaban J connectivity index is 1.55. The lowest BCUT2D eigenvalue weighted by Gasteiger charge is -2.22. The summed E-state index contributed by atoms with van der Waals surface area (Å²) < 4.78 is 11.7. The van der Waals surface area contributed by atoms with Gasteiger partial charge in [0.25, 0.3) is 0 Å². The van der Waals surface area contributed by atoms with E-state index in [9.17, 15) is 5.11 Å². The Hall–Kier alpha value is -2.37. The summed E-state index contributed by atoms with van der Waals surface area (Å²) in [5.74, 6) is 0.705. The topological polar surface area (TPSA) is 51.6 Å². The van der Waals surface area contributed by atoms with Crippen molar-refractivity contribution >= 4 is 11.3 Å². The summed E-state index contributed by atoms with van der Waals surface area (Å²) >= 11 is 1.65. The molecule has 2 aromatic heterocycles. The summed E-state index contributed by atoms with van der Waals surface area (Å²) in [5, 5.41) is 15.1. The van der Waals surface area contributed by atoms with Crippen LogP contribution in [-0.4, -0.2) is 29.4 Å². The van der Waals surface area contributed by atoms with Gasteiger partial charge in [0.1, 0.15) is 12.4 Å². The van der Waals surface area contributed by atoms with Gasteiger partial charge in [-0.25, -0.2) is 4.98 Å². The Morgan fingerprint density at radius 2 is 1.88 bits per heavy atom. The quantitative estimate of drug-likeness (QED) is 0.403. The van der Waals surface area contributed by atoms with Crippen molar-refractivity contribution in [2.24, 2.45) is 0 Å². The molecule has 0 amide bonds. The van der Waals surface area contributed by atoms with E-state index in [2.05, 4.69) is 48.9 Å². The molecule has 1 aliphatic heterocycles. The molecule has 3 heterocycles. The second kappa shape index (κ2) is 11.0. The highest BCUT2D eigenvalue weighted by Crippen LogP contribution is 2.38. The molecule has 170 valence electrons. The highest BCUT2D eigenvalue weighted by Gasteiger charge is 2.19. The molecule has 5 heteroatoms. The van der Waals surface area contributed by atoms with Crippen LogP contribution in [0.4, 0.5) is 0 Å². The van der Waals surface area contributed by atoms with E-state index in [1.165, 1.54) is 17.5 Å². The van der Waals surface area contributed by atoms with E-state index < -0.39 is 0 Å². The molecule has 4 nitrogen and oxygen atoms in total. The molecule has 1 aliphatic rings. The molecule has 1 fully saturated rings. The number of nitrogens with zero attached hydrogens (tertiary/aromatic N) is 1. The SMILES string of the molecule is CCCc1ccc(CCc2nc(OCC3CCCCO3)cc(O)c2-c2cscc2C)cc1. The fourth-order valence-corrected chi connectivity index (χ4v) is 5.10. The van der Waals surface area contributed by atoms with Crippen LogP contribution in [0.2, 0.25) is 0 Å². The summed E-state index contributed by atoms with van der Waals surface area (Å²) in [6.07, 6.45) is 7.29. The monoisotopic (exact) mass is 451 g/mol. The summed E-state index contributed by atoms with van der Waals surface area (Å²) in [6.45, 7) is 5.55. The maximum Gasteiger partial charge on any atom is 0.217 e. The molecule has 1 aromatic carbocycles. The minimum Gasteiger partial charge on any atom is -0.507 e. The lowest BCUT2D eigenvalue weighted by Crippen LogP contribution is -2.26. The fourth-order valence-electron chi connectivity index (χ4n) is 4.26. The van der Waals surface area contributed by atoms with Crippen LogP contribution in [0, 0.1) is 6.92 Å². The molecule has 0 aliphatic carbocycles. The summed E-state index contributed by atoms with van der Waals surface area (Å²) in [6, 6.07) is 10.5. The lowest BCUT2D eigenvalue weighted by atomic mass is 9.97. The van der Waals surface area contributed by atoms with Crippen molar-refractivity contribution in [2.75, 3.05) is 13.2 Å². The predicted molar refractivity (Wildman–Crippen MR) is 131 cm³/mol. The van der Waals surface area contributed by atoms with Crippen LogP contribution in [0.3, 0.4) is 0 Å². The van der Waals surface area contributed by atoms with Gasteiger partial charge in [0.2, 0.25) is 5.88 Å². The number of hydrogen-bond donors (Lipinski definition) is 1. The first-order chi connectivity index (χ1) is 15.6. The van der Waals surface area contributed by atoms with E-state index in [0.717, 1.165) is 67.5 Å². The van der Waals surface area contributed by atoms with E-state index >= 15 is 0 Å². The van der Waals surface area contributed by atoms with Crippen molar-refractivity contribution in [2.45, 2.75) is 64.9 Å². The number of aromatic nitrogens is 1.